The van der Waals surface area contributed by atoms with Gasteiger partial charge in [0.25, 0.3) is 15.2 Å². The Morgan fingerprint density at radius 2 is 2.19 bits per heavy atom. The van der Waals surface area contributed by atoms with Crippen molar-refractivity contribution in [3.63, 3.8) is 0 Å². The summed E-state index contributed by atoms with van der Waals surface area (Å²) >= 11 is 5.85. The zero-order valence-electron chi connectivity index (χ0n) is 7.75. The third-order valence-electron chi connectivity index (χ3n) is 1.75. The summed E-state index contributed by atoms with van der Waals surface area (Å²) in [5.41, 5.74) is 0.475. The van der Waals surface area contributed by atoms with Crippen LogP contribution in [0.25, 0.3) is 11.4 Å². The number of nitrogens with one attached hydrogen (secondary N) is 1. The van der Waals surface area contributed by atoms with Crippen LogP contribution in [0.4, 0.5) is 0 Å². The number of halogens is 1. The number of primary sulfonamides is 1. The van der Waals surface area contributed by atoms with Gasteiger partial charge in [-0.05, 0) is 6.07 Å². The van der Waals surface area contributed by atoms with E-state index in [1.54, 1.807) is 6.07 Å². The number of sulfonamides is 1. The third-order valence-corrected chi connectivity index (χ3v) is 2.77. The largest absolute Gasteiger partial charge is 0.273 e. The van der Waals surface area contributed by atoms with Gasteiger partial charge in [-0.25, -0.2) is 18.7 Å². The number of aromatic nitrogens is 4. The SMILES string of the molecule is NS(=O)(=O)c1nc(-c2ccncc2Cl)n[nH]1. The second kappa shape index (κ2) is 3.81. The van der Waals surface area contributed by atoms with E-state index in [0.717, 1.165) is 0 Å². The van der Waals surface area contributed by atoms with Gasteiger partial charge in [-0.2, -0.15) is 10.1 Å². The van der Waals surface area contributed by atoms with E-state index in [0.29, 0.717) is 10.6 Å². The van der Waals surface area contributed by atoms with E-state index in [9.17, 15) is 8.42 Å². The highest BCUT2D eigenvalue weighted by molar-refractivity contribution is 7.89. The second-order valence-electron chi connectivity index (χ2n) is 2.86. The van der Waals surface area contributed by atoms with Gasteiger partial charge in [0.15, 0.2) is 5.82 Å². The molecule has 0 spiro atoms. The van der Waals surface area contributed by atoms with Crippen molar-refractivity contribution in [2.24, 2.45) is 5.14 Å². The molecule has 2 rings (SSSR count). The first-order valence-corrected chi connectivity index (χ1v) is 5.96. The van der Waals surface area contributed by atoms with Gasteiger partial charge in [0, 0.05) is 18.0 Å². The zero-order valence-corrected chi connectivity index (χ0v) is 9.33. The summed E-state index contributed by atoms with van der Waals surface area (Å²) in [6.45, 7) is 0. The summed E-state index contributed by atoms with van der Waals surface area (Å²) in [4.78, 5) is 7.51. The molecular formula is C7H6ClN5O2S. The molecule has 0 saturated carbocycles. The molecule has 0 aliphatic carbocycles. The van der Waals surface area contributed by atoms with E-state index < -0.39 is 15.2 Å². The van der Waals surface area contributed by atoms with Crippen molar-refractivity contribution in [3.8, 4) is 11.4 Å². The van der Waals surface area contributed by atoms with Gasteiger partial charge in [0.2, 0.25) is 0 Å². The van der Waals surface area contributed by atoms with Gasteiger partial charge in [-0.15, -0.1) is 0 Å². The molecule has 0 aliphatic rings. The lowest BCUT2D eigenvalue weighted by atomic mass is 10.2. The number of rotatable bonds is 2. The van der Waals surface area contributed by atoms with E-state index in [1.165, 1.54) is 12.4 Å². The Hall–Kier alpha value is -1.51. The van der Waals surface area contributed by atoms with E-state index in [1.807, 2.05) is 0 Å². The van der Waals surface area contributed by atoms with E-state index in [4.69, 9.17) is 16.7 Å². The first kappa shape index (κ1) is 11.0. The Bertz CT molecular complexity index is 623. The maximum atomic E-state index is 11.0. The Balaban J connectivity index is 2.52. The van der Waals surface area contributed by atoms with Crippen LogP contribution < -0.4 is 5.14 Å². The summed E-state index contributed by atoms with van der Waals surface area (Å²) in [5, 5.41) is 10.7. The molecule has 16 heavy (non-hydrogen) atoms. The van der Waals surface area contributed by atoms with Crippen LogP contribution in [-0.4, -0.2) is 28.6 Å². The number of nitrogens with two attached hydrogens (primary N) is 1. The average Bonchev–Trinajstić information content (AvgIpc) is 2.66. The Morgan fingerprint density at radius 1 is 1.44 bits per heavy atom. The molecule has 9 heteroatoms. The molecular weight excluding hydrogens is 254 g/mol. The topological polar surface area (TPSA) is 115 Å². The number of hydrogen-bond acceptors (Lipinski definition) is 5. The maximum Gasteiger partial charge on any atom is 0.273 e. The molecule has 3 N–H and O–H groups in total. The van der Waals surface area contributed by atoms with Crippen molar-refractivity contribution in [2.45, 2.75) is 5.16 Å². The van der Waals surface area contributed by atoms with Gasteiger partial charge in [-0.1, -0.05) is 11.6 Å². The predicted octanol–water partition coefficient (Wildman–Crippen LogP) is 0.168. The van der Waals surface area contributed by atoms with Crippen molar-refractivity contribution < 1.29 is 8.42 Å². The molecule has 2 aromatic rings. The van der Waals surface area contributed by atoms with Gasteiger partial charge < -0.3 is 0 Å². The van der Waals surface area contributed by atoms with E-state index in [2.05, 4.69) is 20.2 Å². The fourth-order valence-corrected chi connectivity index (χ4v) is 1.64. The van der Waals surface area contributed by atoms with E-state index >= 15 is 0 Å². The Labute approximate surface area is 95.7 Å². The lowest BCUT2D eigenvalue weighted by Crippen LogP contribution is -2.13. The minimum absolute atomic E-state index is 0.149. The third kappa shape index (κ3) is 2.03. The van der Waals surface area contributed by atoms with Crippen LogP contribution in [0.3, 0.4) is 0 Å². The first-order valence-electron chi connectivity index (χ1n) is 4.03. The molecule has 0 saturated heterocycles. The molecule has 2 aromatic heterocycles. The van der Waals surface area contributed by atoms with E-state index in [-0.39, 0.29) is 5.82 Å². The van der Waals surface area contributed by atoms with Crippen molar-refractivity contribution in [2.75, 3.05) is 0 Å². The molecule has 0 fully saturated rings. The van der Waals surface area contributed by atoms with Crippen molar-refractivity contribution in [1.82, 2.24) is 20.2 Å². The van der Waals surface area contributed by atoms with Crippen LogP contribution in [-0.2, 0) is 10.0 Å². The molecule has 0 radical (unpaired) electrons. The van der Waals surface area contributed by atoms with Gasteiger partial charge in [0.05, 0.1) is 5.02 Å². The standard InChI is InChI=1S/C7H6ClN5O2S/c8-5-3-10-2-1-4(5)6-11-7(13-12-6)16(9,14)15/h1-3H,(H2,9,14,15)(H,11,12,13). The van der Waals surface area contributed by atoms with Crippen LogP contribution in [0.5, 0.6) is 0 Å². The molecule has 2 heterocycles. The molecule has 0 atom stereocenters. The smallest absolute Gasteiger partial charge is 0.263 e. The minimum atomic E-state index is -3.89. The highest BCUT2D eigenvalue weighted by Gasteiger charge is 2.16. The number of H-pyrrole nitrogens is 1. The average molecular weight is 260 g/mol. The maximum absolute atomic E-state index is 11.0. The van der Waals surface area contributed by atoms with Crippen molar-refractivity contribution >= 4 is 21.6 Å². The molecule has 0 aromatic carbocycles. The zero-order chi connectivity index (χ0) is 11.8. The minimum Gasteiger partial charge on any atom is -0.263 e. The van der Waals surface area contributed by atoms with Crippen molar-refractivity contribution in [1.29, 1.82) is 0 Å². The highest BCUT2D eigenvalue weighted by atomic mass is 35.5. The number of hydrogen-bond donors (Lipinski definition) is 2. The van der Waals surface area contributed by atoms with Gasteiger partial charge >= 0.3 is 0 Å². The molecule has 0 amide bonds. The normalized spacial score (nSPS) is 11.6. The number of nitrogens with zero attached hydrogens (tertiary/aromatic N) is 3. The molecule has 0 unspecified atom stereocenters. The van der Waals surface area contributed by atoms with Crippen LogP contribution in [0.1, 0.15) is 0 Å². The summed E-state index contributed by atoms with van der Waals surface area (Å²) < 4.78 is 21.9. The first-order chi connectivity index (χ1) is 7.48. The summed E-state index contributed by atoms with van der Waals surface area (Å²) in [6.07, 6.45) is 2.90. The summed E-state index contributed by atoms with van der Waals surface area (Å²) in [7, 11) is -3.89. The van der Waals surface area contributed by atoms with Crippen LogP contribution in [0.15, 0.2) is 23.6 Å². The Morgan fingerprint density at radius 3 is 2.75 bits per heavy atom. The Kier molecular flexibility index (Phi) is 2.62. The molecule has 84 valence electrons. The second-order valence-corrected chi connectivity index (χ2v) is 4.75. The van der Waals surface area contributed by atoms with Gasteiger partial charge in [0.1, 0.15) is 0 Å². The summed E-state index contributed by atoms with van der Waals surface area (Å²) in [6, 6.07) is 1.57. The van der Waals surface area contributed by atoms with Crippen LogP contribution in [0.2, 0.25) is 5.02 Å². The summed E-state index contributed by atoms with van der Waals surface area (Å²) in [5.74, 6) is 0.149. The lowest BCUT2D eigenvalue weighted by molar-refractivity contribution is 0.589. The quantitative estimate of drug-likeness (QED) is 0.798. The predicted molar refractivity (Wildman–Crippen MR) is 56.0 cm³/mol. The van der Waals surface area contributed by atoms with Crippen molar-refractivity contribution in [3.05, 3.63) is 23.5 Å². The molecule has 0 bridgehead atoms. The fraction of sp³-hybridized carbons (Fsp3) is 0. The lowest BCUT2D eigenvalue weighted by Gasteiger charge is -1.95. The number of pyridine rings is 1. The van der Waals surface area contributed by atoms with Crippen LogP contribution in [0, 0.1) is 0 Å². The van der Waals surface area contributed by atoms with Crippen LogP contribution >= 0.6 is 11.6 Å². The van der Waals surface area contributed by atoms with Gasteiger partial charge in [-0.3, -0.25) is 4.98 Å². The highest BCUT2D eigenvalue weighted by Crippen LogP contribution is 2.23. The monoisotopic (exact) mass is 259 g/mol. The fourth-order valence-electron chi connectivity index (χ4n) is 1.05. The molecule has 7 nitrogen and oxygen atoms in total. The molecule has 0 aliphatic heterocycles. The number of aromatic amines is 1.